The van der Waals surface area contributed by atoms with Gasteiger partial charge in [0.2, 0.25) is 5.95 Å². The number of nitrogens with one attached hydrogen (secondary N) is 1. The predicted octanol–water partition coefficient (Wildman–Crippen LogP) is 3.13. The maximum absolute atomic E-state index is 5.47. The number of hydrogen-bond donors (Lipinski definition) is 1. The van der Waals surface area contributed by atoms with Crippen molar-refractivity contribution in [2.24, 2.45) is 0 Å². The lowest BCUT2D eigenvalue weighted by atomic mass is 10.2. The lowest BCUT2D eigenvalue weighted by Crippen LogP contribution is -2.06. The van der Waals surface area contributed by atoms with Crippen molar-refractivity contribution in [2.45, 2.75) is 13.3 Å². The zero-order valence-corrected chi connectivity index (χ0v) is 12.4. The zero-order chi connectivity index (χ0) is 13.7. The van der Waals surface area contributed by atoms with Gasteiger partial charge in [0.1, 0.15) is 0 Å². The van der Waals surface area contributed by atoms with Crippen LogP contribution in [-0.2, 0) is 0 Å². The van der Waals surface area contributed by atoms with Crippen LogP contribution in [0.15, 0.2) is 28.7 Å². The topological polar surface area (TPSA) is 59.9 Å². The van der Waals surface area contributed by atoms with Crippen LogP contribution in [0.4, 0.5) is 5.95 Å². The third-order valence-electron chi connectivity index (χ3n) is 2.38. The molecule has 1 aromatic carbocycles. The van der Waals surface area contributed by atoms with Gasteiger partial charge in [0.25, 0.3) is 0 Å². The molecule has 1 heterocycles. The van der Waals surface area contributed by atoms with Crippen LogP contribution in [0.5, 0.6) is 6.01 Å². The minimum atomic E-state index is 0.346. The molecule has 0 aliphatic carbocycles. The summed E-state index contributed by atoms with van der Waals surface area (Å²) in [5.41, 5.74) is 0.920. The summed E-state index contributed by atoms with van der Waals surface area (Å²) >= 11 is 3.40. The summed E-state index contributed by atoms with van der Waals surface area (Å²) in [6, 6.07) is 8.14. The van der Waals surface area contributed by atoms with Crippen LogP contribution < -0.4 is 10.1 Å². The molecule has 0 bridgehead atoms. The van der Waals surface area contributed by atoms with Gasteiger partial charge in [-0.25, -0.2) is 0 Å². The summed E-state index contributed by atoms with van der Waals surface area (Å²) in [4.78, 5) is 12.8. The van der Waals surface area contributed by atoms with E-state index in [0.29, 0.717) is 24.4 Å². The van der Waals surface area contributed by atoms with E-state index in [9.17, 15) is 0 Å². The molecule has 0 saturated carbocycles. The largest absolute Gasteiger partial charge is 0.463 e. The average molecular weight is 323 g/mol. The Balaban J connectivity index is 2.35. The molecule has 0 amide bonds. The standard InChI is InChI=1S/C13H15BrN4O/c1-3-8-19-13-17-11(16-12(15-2)18-13)9-4-6-10(14)7-5-9/h4-7H,3,8H2,1-2H3,(H,15,16,17,18). The van der Waals surface area contributed by atoms with E-state index >= 15 is 0 Å². The normalized spacial score (nSPS) is 10.3. The number of anilines is 1. The van der Waals surface area contributed by atoms with Crippen molar-refractivity contribution >= 4 is 21.9 Å². The fourth-order valence-corrected chi connectivity index (χ4v) is 1.72. The summed E-state index contributed by atoms with van der Waals surface area (Å²) in [6.07, 6.45) is 0.911. The number of halogens is 1. The van der Waals surface area contributed by atoms with Crippen molar-refractivity contribution in [2.75, 3.05) is 19.0 Å². The SMILES string of the molecule is CCCOc1nc(NC)nc(-c2ccc(Br)cc2)n1. The Kier molecular flexibility index (Phi) is 4.68. The molecule has 19 heavy (non-hydrogen) atoms. The first-order valence-corrected chi connectivity index (χ1v) is 6.84. The van der Waals surface area contributed by atoms with Gasteiger partial charge in [-0.2, -0.15) is 15.0 Å². The second kappa shape index (κ2) is 6.47. The molecule has 6 heteroatoms. The highest BCUT2D eigenvalue weighted by Gasteiger charge is 2.08. The Hall–Kier alpha value is -1.69. The second-order valence-corrected chi connectivity index (χ2v) is 4.79. The number of ether oxygens (including phenoxy) is 1. The molecule has 0 aliphatic rings. The van der Waals surface area contributed by atoms with Crippen LogP contribution in [0.2, 0.25) is 0 Å². The van der Waals surface area contributed by atoms with Gasteiger partial charge >= 0.3 is 6.01 Å². The first-order valence-electron chi connectivity index (χ1n) is 6.05. The van der Waals surface area contributed by atoms with Crippen molar-refractivity contribution in [1.29, 1.82) is 0 Å². The third-order valence-corrected chi connectivity index (χ3v) is 2.90. The Morgan fingerprint density at radius 2 is 1.89 bits per heavy atom. The molecule has 2 rings (SSSR count). The Morgan fingerprint density at radius 3 is 2.53 bits per heavy atom. The maximum Gasteiger partial charge on any atom is 0.321 e. The third kappa shape index (κ3) is 3.64. The van der Waals surface area contributed by atoms with Crippen LogP contribution in [0.25, 0.3) is 11.4 Å². The van der Waals surface area contributed by atoms with Crippen LogP contribution in [0, 0.1) is 0 Å². The summed E-state index contributed by atoms with van der Waals surface area (Å²) in [6.45, 7) is 2.63. The molecule has 0 unspecified atom stereocenters. The average Bonchev–Trinajstić information content (AvgIpc) is 2.45. The molecule has 0 atom stereocenters. The molecule has 0 spiro atoms. The van der Waals surface area contributed by atoms with Gasteiger partial charge in [0.05, 0.1) is 6.61 Å². The van der Waals surface area contributed by atoms with Crippen LogP contribution in [-0.4, -0.2) is 28.6 Å². The fourth-order valence-electron chi connectivity index (χ4n) is 1.45. The molecule has 1 N–H and O–H groups in total. The quantitative estimate of drug-likeness (QED) is 0.916. The van der Waals surface area contributed by atoms with E-state index < -0.39 is 0 Å². The molecular weight excluding hydrogens is 308 g/mol. The Labute approximate surface area is 120 Å². The van der Waals surface area contributed by atoms with Crippen molar-refractivity contribution in [3.63, 3.8) is 0 Å². The molecule has 0 radical (unpaired) electrons. The van der Waals surface area contributed by atoms with E-state index in [1.54, 1.807) is 7.05 Å². The molecule has 0 fully saturated rings. The molecule has 0 saturated heterocycles. The van der Waals surface area contributed by atoms with E-state index in [4.69, 9.17) is 4.74 Å². The highest BCUT2D eigenvalue weighted by molar-refractivity contribution is 9.10. The zero-order valence-electron chi connectivity index (χ0n) is 10.9. The number of rotatable bonds is 5. The van der Waals surface area contributed by atoms with Gasteiger partial charge in [0, 0.05) is 17.1 Å². The number of hydrogen-bond acceptors (Lipinski definition) is 5. The molecule has 5 nitrogen and oxygen atoms in total. The number of nitrogens with zero attached hydrogens (tertiary/aromatic N) is 3. The highest BCUT2D eigenvalue weighted by atomic mass is 79.9. The lowest BCUT2D eigenvalue weighted by Gasteiger charge is -2.07. The first-order chi connectivity index (χ1) is 9.22. The molecule has 2 aromatic rings. The summed E-state index contributed by atoms with van der Waals surface area (Å²) < 4.78 is 6.49. The van der Waals surface area contributed by atoms with Crippen LogP contribution >= 0.6 is 15.9 Å². The van der Waals surface area contributed by atoms with Crippen molar-refractivity contribution in [3.8, 4) is 17.4 Å². The van der Waals surface area contributed by atoms with E-state index in [2.05, 4.69) is 36.2 Å². The second-order valence-electron chi connectivity index (χ2n) is 3.87. The molecular formula is C13H15BrN4O. The Bertz CT molecular complexity index is 545. The van der Waals surface area contributed by atoms with E-state index in [1.165, 1.54) is 0 Å². The van der Waals surface area contributed by atoms with Crippen molar-refractivity contribution in [1.82, 2.24) is 15.0 Å². The smallest absolute Gasteiger partial charge is 0.321 e. The van der Waals surface area contributed by atoms with Crippen LogP contribution in [0.3, 0.4) is 0 Å². The highest BCUT2D eigenvalue weighted by Crippen LogP contribution is 2.21. The van der Waals surface area contributed by atoms with Gasteiger partial charge in [-0.05, 0) is 18.6 Å². The van der Waals surface area contributed by atoms with Gasteiger partial charge < -0.3 is 10.1 Å². The number of benzene rings is 1. The van der Waals surface area contributed by atoms with Gasteiger partial charge in [-0.3, -0.25) is 0 Å². The maximum atomic E-state index is 5.47. The van der Waals surface area contributed by atoms with Gasteiger partial charge in [-0.15, -0.1) is 0 Å². The van der Waals surface area contributed by atoms with E-state index in [1.807, 2.05) is 31.2 Å². The molecule has 100 valence electrons. The van der Waals surface area contributed by atoms with Gasteiger partial charge in [0.15, 0.2) is 5.82 Å². The minimum Gasteiger partial charge on any atom is -0.463 e. The van der Waals surface area contributed by atoms with E-state index in [-0.39, 0.29) is 0 Å². The number of aromatic nitrogens is 3. The van der Waals surface area contributed by atoms with Crippen molar-refractivity contribution < 1.29 is 4.74 Å². The van der Waals surface area contributed by atoms with Crippen molar-refractivity contribution in [3.05, 3.63) is 28.7 Å². The predicted molar refractivity (Wildman–Crippen MR) is 78.3 cm³/mol. The van der Waals surface area contributed by atoms with E-state index in [0.717, 1.165) is 16.5 Å². The molecule has 0 aliphatic heterocycles. The van der Waals surface area contributed by atoms with Gasteiger partial charge in [-0.1, -0.05) is 35.0 Å². The molecule has 1 aromatic heterocycles. The fraction of sp³-hybridized carbons (Fsp3) is 0.308. The minimum absolute atomic E-state index is 0.346. The summed E-state index contributed by atoms with van der Waals surface area (Å²) in [5.74, 6) is 1.09. The first kappa shape index (κ1) is 13.7. The lowest BCUT2D eigenvalue weighted by molar-refractivity contribution is 0.292. The Morgan fingerprint density at radius 1 is 1.16 bits per heavy atom. The van der Waals surface area contributed by atoms with Crippen LogP contribution in [0.1, 0.15) is 13.3 Å². The summed E-state index contributed by atoms with van der Waals surface area (Å²) in [7, 11) is 1.77. The monoisotopic (exact) mass is 322 g/mol. The summed E-state index contributed by atoms with van der Waals surface area (Å²) in [5, 5.41) is 2.91.